The first-order valence-corrected chi connectivity index (χ1v) is 6.97. The summed E-state index contributed by atoms with van der Waals surface area (Å²) >= 11 is 1.93. The van der Waals surface area contributed by atoms with E-state index < -0.39 is 5.82 Å². The molecule has 1 atom stereocenters. The average molecular weight is 255 g/mol. The lowest BCUT2D eigenvalue weighted by Gasteiger charge is -2.39. The van der Waals surface area contributed by atoms with E-state index in [4.69, 9.17) is 5.11 Å². The van der Waals surface area contributed by atoms with Crippen LogP contribution in [-0.4, -0.2) is 22.7 Å². The van der Waals surface area contributed by atoms with Gasteiger partial charge in [-0.15, -0.1) is 0 Å². The molecule has 2 N–H and O–H groups in total. The highest BCUT2D eigenvalue weighted by Crippen LogP contribution is 2.36. The molecule has 0 aliphatic carbocycles. The van der Waals surface area contributed by atoms with E-state index in [-0.39, 0.29) is 11.2 Å². The first-order valence-electron chi connectivity index (χ1n) is 5.82. The van der Waals surface area contributed by atoms with Gasteiger partial charge >= 0.3 is 0 Å². The van der Waals surface area contributed by atoms with Crippen LogP contribution in [0.1, 0.15) is 20.3 Å². The predicted molar refractivity (Wildman–Crippen MR) is 71.2 cm³/mol. The lowest BCUT2D eigenvalue weighted by atomic mass is 9.82. The molecular formula is C13H18FNOS. The molecule has 1 aliphatic rings. The van der Waals surface area contributed by atoms with Crippen molar-refractivity contribution in [1.82, 2.24) is 0 Å². The maximum absolute atomic E-state index is 13.2. The van der Waals surface area contributed by atoms with Crippen LogP contribution in [0.4, 0.5) is 10.1 Å². The number of nitrogens with one attached hydrogen (secondary N) is 1. The van der Waals surface area contributed by atoms with Gasteiger partial charge in [0.2, 0.25) is 0 Å². The maximum atomic E-state index is 13.2. The summed E-state index contributed by atoms with van der Waals surface area (Å²) in [4.78, 5) is 0. The van der Waals surface area contributed by atoms with E-state index in [9.17, 15) is 4.39 Å². The summed E-state index contributed by atoms with van der Waals surface area (Å²) in [5.41, 5.74) is 0.959. The molecule has 1 aliphatic heterocycles. The Kier molecular flexibility index (Phi) is 3.52. The van der Waals surface area contributed by atoms with Crippen LogP contribution in [0.3, 0.4) is 0 Å². The third kappa shape index (κ3) is 2.86. The summed E-state index contributed by atoms with van der Waals surface area (Å²) in [6.45, 7) is 4.47. The highest BCUT2D eigenvalue weighted by molar-refractivity contribution is 7.99. The Bertz CT molecular complexity index is 408. The number of thioether (sulfide) groups is 1. The Hall–Kier alpha value is -0.900. The fraction of sp³-hybridized carbons (Fsp3) is 0.538. The van der Waals surface area contributed by atoms with E-state index >= 15 is 0 Å². The van der Waals surface area contributed by atoms with Crippen LogP contribution in [0.2, 0.25) is 0 Å². The second-order valence-electron chi connectivity index (χ2n) is 5.18. The van der Waals surface area contributed by atoms with Crippen LogP contribution >= 0.6 is 11.8 Å². The number of anilines is 1. The summed E-state index contributed by atoms with van der Waals surface area (Å²) in [7, 11) is 0. The van der Waals surface area contributed by atoms with Crippen molar-refractivity contribution in [2.75, 3.05) is 16.8 Å². The van der Waals surface area contributed by atoms with E-state index in [0.717, 1.165) is 17.9 Å². The second-order valence-corrected chi connectivity index (χ2v) is 6.33. The van der Waals surface area contributed by atoms with E-state index in [1.807, 2.05) is 11.8 Å². The number of rotatable bonds is 2. The zero-order valence-electron chi connectivity index (χ0n) is 10.2. The quantitative estimate of drug-likeness (QED) is 0.794. The summed E-state index contributed by atoms with van der Waals surface area (Å²) in [5.74, 6) is 1.36. The smallest absolute Gasteiger partial charge is 0.166 e. The molecule has 0 aromatic heterocycles. The van der Waals surface area contributed by atoms with Gasteiger partial charge in [0, 0.05) is 23.5 Å². The molecule has 1 fully saturated rings. The van der Waals surface area contributed by atoms with Crippen LogP contribution in [0.25, 0.3) is 0 Å². The molecule has 2 rings (SSSR count). The van der Waals surface area contributed by atoms with Crippen molar-refractivity contribution in [1.29, 1.82) is 0 Å². The van der Waals surface area contributed by atoms with E-state index in [0.29, 0.717) is 6.04 Å². The van der Waals surface area contributed by atoms with Crippen molar-refractivity contribution in [3.05, 3.63) is 24.0 Å². The summed E-state index contributed by atoms with van der Waals surface area (Å²) < 4.78 is 13.2. The molecule has 0 spiro atoms. The van der Waals surface area contributed by atoms with Gasteiger partial charge < -0.3 is 10.4 Å². The minimum absolute atomic E-state index is 0.222. The number of phenolic OH excluding ortho intramolecular Hbond substituents is 1. The van der Waals surface area contributed by atoms with Crippen LogP contribution in [0, 0.1) is 11.2 Å². The first-order chi connectivity index (χ1) is 7.99. The zero-order valence-corrected chi connectivity index (χ0v) is 11.0. The molecule has 4 heteroatoms. The van der Waals surface area contributed by atoms with Crippen molar-refractivity contribution in [3.63, 3.8) is 0 Å². The fourth-order valence-corrected chi connectivity index (χ4v) is 3.58. The van der Waals surface area contributed by atoms with E-state index in [1.165, 1.54) is 17.9 Å². The molecule has 0 bridgehead atoms. The molecule has 1 aromatic rings. The van der Waals surface area contributed by atoms with Crippen LogP contribution < -0.4 is 5.32 Å². The molecule has 0 radical (unpaired) electrons. The largest absolute Gasteiger partial charge is 0.505 e. The van der Waals surface area contributed by atoms with Gasteiger partial charge in [-0.25, -0.2) is 4.39 Å². The molecule has 17 heavy (non-hydrogen) atoms. The van der Waals surface area contributed by atoms with Gasteiger partial charge in [0.15, 0.2) is 11.6 Å². The molecule has 1 aromatic carbocycles. The molecule has 2 nitrogen and oxygen atoms in total. The number of benzene rings is 1. The Morgan fingerprint density at radius 2 is 2.24 bits per heavy atom. The van der Waals surface area contributed by atoms with Crippen molar-refractivity contribution >= 4 is 17.4 Å². The minimum atomic E-state index is -0.573. The highest BCUT2D eigenvalue weighted by Gasteiger charge is 2.32. The second kappa shape index (κ2) is 4.77. The topological polar surface area (TPSA) is 32.3 Å². The summed E-state index contributed by atoms with van der Waals surface area (Å²) in [5, 5.41) is 12.5. The summed E-state index contributed by atoms with van der Waals surface area (Å²) in [6.07, 6.45) is 1.16. The van der Waals surface area contributed by atoms with Crippen molar-refractivity contribution in [2.24, 2.45) is 5.41 Å². The Morgan fingerprint density at radius 3 is 2.88 bits per heavy atom. The molecule has 1 saturated heterocycles. The molecule has 0 saturated carbocycles. The van der Waals surface area contributed by atoms with Gasteiger partial charge in [0.05, 0.1) is 0 Å². The SMILES string of the molecule is CC1(C)CCSCC1Nc1ccc(O)c(F)c1. The molecule has 1 unspecified atom stereocenters. The Labute approximate surface area is 106 Å². The first kappa shape index (κ1) is 12.6. The standard InChI is InChI=1S/C13H18FNOS/c1-13(2)5-6-17-8-12(13)15-9-3-4-11(16)10(14)7-9/h3-4,7,12,15-16H,5-6,8H2,1-2H3. The number of hydrogen-bond donors (Lipinski definition) is 2. The minimum Gasteiger partial charge on any atom is -0.505 e. The van der Waals surface area contributed by atoms with Crippen LogP contribution in [0.5, 0.6) is 5.75 Å². The maximum Gasteiger partial charge on any atom is 0.166 e. The average Bonchev–Trinajstić information content (AvgIpc) is 2.26. The highest BCUT2D eigenvalue weighted by atomic mass is 32.2. The van der Waals surface area contributed by atoms with Gasteiger partial charge in [-0.3, -0.25) is 0 Å². The number of halogens is 1. The van der Waals surface area contributed by atoms with Gasteiger partial charge in [0.25, 0.3) is 0 Å². The van der Waals surface area contributed by atoms with Crippen molar-refractivity contribution < 1.29 is 9.50 Å². The Morgan fingerprint density at radius 1 is 1.47 bits per heavy atom. The van der Waals surface area contributed by atoms with Crippen molar-refractivity contribution in [3.8, 4) is 5.75 Å². The Balaban J connectivity index is 2.11. The number of hydrogen-bond acceptors (Lipinski definition) is 3. The van der Waals surface area contributed by atoms with Crippen molar-refractivity contribution in [2.45, 2.75) is 26.3 Å². The van der Waals surface area contributed by atoms with Gasteiger partial charge in [-0.1, -0.05) is 13.8 Å². The van der Waals surface area contributed by atoms with Gasteiger partial charge in [0.1, 0.15) is 0 Å². The summed E-state index contributed by atoms with van der Waals surface area (Å²) in [6, 6.07) is 4.80. The van der Waals surface area contributed by atoms with Gasteiger partial charge in [-0.05, 0) is 29.7 Å². The monoisotopic (exact) mass is 255 g/mol. The number of aromatic hydroxyl groups is 1. The zero-order chi connectivity index (χ0) is 12.5. The van der Waals surface area contributed by atoms with Crippen LogP contribution in [0.15, 0.2) is 18.2 Å². The fourth-order valence-electron chi connectivity index (χ4n) is 1.97. The lowest BCUT2D eigenvalue weighted by molar-refractivity contribution is 0.305. The van der Waals surface area contributed by atoms with Crippen LogP contribution in [-0.2, 0) is 0 Å². The molecule has 1 heterocycles. The van der Waals surface area contributed by atoms with Gasteiger partial charge in [-0.2, -0.15) is 11.8 Å². The molecule has 0 amide bonds. The third-order valence-electron chi connectivity index (χ3n) is 3.41. The lowest BCUT2D eigenvalue weighted by Crippen LogP contribution is -2.41. The predicted octanol–water partition coefficient (Wildman–Crippen LogP) is 3.47. The van der Waals surface area contributed by atoms with E-state index in [1.54, 1.807) is 6.07 Å². The number of phenols is 1. The third-order valence-corrected chi connectivity index (χ3v) is 4.47. The molecular weight excluding hydrogens is 237 g/mol. The normalized spacial score (nSPS) is 23.4. The van der Waals surface area contributed by atoms with E-state index in [2.05, 4.69) is 19.2 Å². The molecule has 94 valence electrons.